The van der Waals surface area contributed by atoms with Crippen LogP contribution in [-0.4, -0.2) is 29.8 Å². The standard InChI is InChI=1S/C15H20N2O2/c1-10-15(3,4)11(2)17(16-10)14(18)12-6-8-13(19-5)9-7-12/h6-9,11H,1-5H3. The van der Waals surface area contributed by atoms with Crippen molar-refractivity contribution in [3.63, 3.8) is 0 Å². The zero-order chi connectivity index (χ0) is 14.2. The van der Waals surface area contributed by atoms with Crippen molar-refractivity contribution in [2.24, 2.45) is 10.5 Å². The van der Waals surface area contributed by atoms with Crippen molar-refractivity contribution >= 4 is 11.6 Å². The highest BCUT2D eigenvalue weighted by Gasteiger charge is 2.41. The fraction of sp³-hybridized carbons (Fsp3) is 0.467. The lowest BCUT2D eigenvalue weighted by atomic mass is 9.82. The molecular weight excluding hydrogens is 240 g/mol. The number of amides is 1. The minimum Gasteiger partial charge on any atom is -0.497 e. The van der Waals surface area contributed by atoms with E-state index in [2.05, 4.69) is 18.9 Å². The summed E-state index contributed by atoms with van der Waals surface area (Å²) in [5.41, 5.74) is 1.53. The van der Waals surface area contributed by atoms with Crippen LogP contribution in [0.4, 0.5) is 0 Å². The van der Waals surface area contributed by atoms with Gasteiger partial charge in [0.15, 0.2) is 0 Å². The van der Waals surface area contributed by atoms with Crippen LogP contribution >= 0.6 is 0 Å². The summed E-state index contributed by atoms with van der Waals surface area (Å²) in [5, 5.41) is 5.99. The Morgan fingerprint density at radius 1 is 1.32 bits per heavy atom. The number of hydrogen-bond donors (Lipinski definition) is 0. The number of carbonyl (C=O) groups is 1. The number of methoxy groups -OCH3 is 1. The molecule has 0 bridgehead atoms. The fourth-order valence-electron chi connectivity index (χ4n) is 2.07. The van der Waals surface area contributed by atoms with E-state index >= 15 is 0 Å². The quantitative estimate of drug-likeness (QED) is 0.820. The molecular formula is C15H20N2O2. The molecule has 1 aromatic carbocycles. The number of hydrogen-bond acceptors (Lipinski definition) is 3. The van der Waals surface area contributed by atoms with E-state index in [1.54, 1.807) is 36.4 Å². The van der Waals surface area contributed by atoms with Crippen LogP contribution in [0.3, 0.4) is 0 Å². The molecule has 0 saturated carbocycles. The Hall–Kier alpha value is -1.84. The van der Waals surface area contributed by atoms with E-state index in [1.165, 1.54) is 0 Å². The number of carbonyl (C=O) groups excluding carboxylic acids is 1. The lowest BCUT2D eigenvalue weighted by molar-refractivity contribution is 0.0669. The third kappa shape index (κ3) is 2.23. The summed E-state index contributed by atoms with van der Waals surface area (Å²) in [6, 6.07) is 7.17. The molecule has 1 amide bonds. The minimum atomic E-state index is -0.0812. The van der Waals surface area contributed by atoms with Gasteiger partial charge in [-0.1, -0.05) is 13.8 Å². The van der Waals surface area contributed by atoms with Gasteiger partial charge < -0.3 is 4.74 Å². The molecule has 0 aromatic heterocycles. The van der Waals surface area contributed by atoms with E-state index in [-0.39, 0.29) is 17.4 Å². The molecule has 0 aliphatic carbocycles. The third-order valence-corrected chi connectivity index (χ3v) is 4.15. The smallest absolute Gasteiger partial charge is 0.274 e. The molecule has 1 aromatic rings. The zero-order valence-electron chi connectivity index (χ0n) is 12.1. The van der Waals surface area contributed by atoms with Gasteiger partial charge in [0.1, 0.15) is 5.75 Å². The molecule has 102 valence electrons. The van der Waals surface area contributed by atoms with E-state index in [9.17, 15) is 4.79 Å². The van der Waals surface area contributed by atoms with Gasteiger partial charge in [0.05, 0.1) is 13.2 Å². The number of benzene rings is 1. The molecule has 0 fully saturated rings. The van der Waals surface area contributed by atoms with Gasteiger partial charge >= 0.3 is 0 Å². The highest BCUT2D eigenvalue weighted by Crippen LogP contribution is 2.34. The molecule has 0 N–H and O–H groups in total. The van der Waals surface area contributed by atoms with Crippen LogP contribution in [-0.2, 0) is 0 Å². The first-order chi connectivity index (χ1) is 8.87. The summed E-state index contributed by atoms with van der Waals surface area (Å²) in [6.07, 6.45) is 0. The monoisotopic (exact) mass is 260 g/mol. The van der Waals surface area contributed by atoms with E-state index in [4.69, 9.17) is 4.74 Å². The second-order valence-corrected chi connectivity index (χ2v) is 5.46. The first kappa shape index (κ1) is 13.6. The maximum atomic E-state index is 12.5. The third-order valence-electron chi connectivity index (χ3n) is 4.15. The lowest BCUT2D eigenvalue weighted by Gasteiger charge is -2.28. The predicted molar refractivity (Wildman–Crippen MR) is 75.5 cm³/mol. The Balaban J connectivity index is 2.25. The van der Waals surface area contributed by atoms with Gasteiger partial charge in [0.2, 0.25) is 0 Å². The summed E-state index contributed by atoms with van der Waals surface area (Å²) in [7, 11) is 1.61. The maximum Gasteiger partial charge on any atom is 0.274 e. The van der Waals surface area contributed by atoms with E-state index in [0.29, 0.717) is 5.56 Å². The average molecular weight is 260 g/mol. The largest absolute Gasteiger partial charge is 0.497 e. The highest BCUT2D eigenvalue weighted by molar-refractivity contribution is 5.99. The van der Waals surface area contributed by atoms with Crippen LogP contribution in [0.1, 0.15) is 38.1 Å². The summed E-state index contributed by atoms with van der Waals surface area (Å²) in [4.78, 5) is 12.5. The van der Waals surface area contributed by atoms with Crippen LogP contribution in [0.5, 0.6) is 5.75 Å². The first-order valence-corrected chi connectivity index (χ1v) is 6.41. The van der Waals surface area contributed by atoms with Crippen LogP contribution in [0.2, 0.25) is 0 Å². The van der Waals surface area contributed by atoms with Gasteiger partial charge in [-0.2, -0.15) is 5.10 Å². The molecule has 4 heteroatoms. The van der Waals surface area contributed by atoms with Gasteiger partial charge in [-0.15, -0.1) is 0 Å². The Bertz CT molecular complexity index is 517. The van der Waals surface area contributed by atoms with Crippen LogP contribution in [0.25, 0.3) is 0 Å². The summed E-state index contributed by atoms with van der Waals surface area (Å²) in [5.74, 6) is 0.672. The van der Waals surface area contributed by atoms with Gasteiger partial charge in [-0.25, -0.2) is 5.01 Å². The number of ether oxygens (including phenoxy) is 1. The predicted octanol–water partition coefficient (Wildman–Crippen LogP) is 2.94. The summed E-state index contributed by atoms with van der Waals surface area (Å²) in [6.45, 7) is 8.22. The van der Waals surface area contributed by atoms with Crippen molar-refractivity contribution in [3.05, 3.63) is 29.8 Å². The van der Waals surface area contributed by atoms with Crippen molar-refractivity contribution in [1.29, 1.82) is 0 Å². The average Bonchev–Trinajstić information content (AvgIpc) is 2.61. The van der Waals surface area contributed by atoms with Gasteiger partial charge in [-0.05, 0) is 38.1 Å². The molecule has 4 nitrogen and oxygen atoms in total. The van der Waals surface area contributed by atoms with Crippen LogP contribution in [0, 0.1) is 5.41 Å². The normalized spacial score (nSPS) is 21.2. The topological polar surface area (TPSA) is 41.9 Å². The molecule has 1 atom stereocenters. The Labute approximate surface area is 114 Å². The summed E-state index contributed by atoms with van der Waals surface area (Å²) >= 11 is 0. The molecule has 2 rings (SSSR count). The van der Waals surface area contributed by atoms with E-state index in [0.717, 1.165) is 11.5 Å². The lowest BCUT2D eigenvalue weighted by Crippen LogP contribution is -2.39. The summed E-state index contributed by atoms with van der Waals surface area (Å²) < 4.78 is 5.09. The van der Waals surface area contributed by atoms with Crippen molar-refractivity contribution in [2.45, 2.75) is 33.7 Å². The molecule has 0 spiro atoms. The molecule has 0 saturated heterocycles. The van der Waals surface area contributed by atoms with E-state index in [1.807, 2.05) is 13.8 Å². The molecule has 19 heavy (non-hydrogen) atoms. The van der Waals surface area contributed by atoms with Crippen LogP contribution < -0.4 is 4.74 Å². The van der Waals surface area contributed by atoms with Gasteiger partial charge in [0.25, 0.3) is 5.91 Å². The molecule has 1 aliphatic heterocycles. The maximum absolute atomic E-state index is 12.5. The molecule has 1 aliphatic rings. The molecule has 1 unspecified atom stereocenters. The Kier molecular flexibility index (Phi) is 3.35. The van der Waals surface area contributed by atoms with Crippen molar-refractivity contribution < 1.29 is 9.53 Å². The Morgan fingerprint density at radius 2 is 1.89 bits per heavy atom. The van der Waals surface area contributed by atoms with Crippen molar-refractivity contribution in [2.75, 3.05) is 7.11 Å². The first-order valence-electron chi connectivity index (χ1n) is 6.41. The minimum absolute atomic E-state index is 0.0575. The molecule has 1 heterocycles. The number of nitrogens with zero attached hydrogens (tertiary/aromatic N) is 2. The molecule has 0 radical (unpaired) electrons. The Morgan fingerprint density at radius 3 is 2.32 bits per heavy atom. The number of hydrazone groups is 1. The van der Waals surface area contributed by atoms with E-state index < -0.39 is 0 Å². The van der Waals surface area contributed by atoms with Gasteiger partial charge in [-0.3, -0.25) is 4.79 Å². The van der Waals surface area contributed by atoms with Gasteiger partial charge in [0, 0.05) is 16.7 Å². The second-order valence-electron chi connectivity index (χ2n) is 5.46. The number of rotatable bonds is 2. The SMILES string of the molecule is COc1ccc(C(=O)N2N=C(C)C(C)(C)C2C)cc1. The van der Waals surface area contributed by atoms with Crippen molar-refractivity contribution in [3.8, 4) is 5.75 Å². The van der Waals surface area contributed by atoms with Crippen LogP contribution in [0.15, 0.2) is 29.4 Å². The fourth-order valence-corrected chi connectivity index (χ4v) is 2.07. The second kappa shape index (κ2) is 4.68. The zero-order valence-corrected chi connectivity index (χ0v) is 12.1. The highest BCUT2D eigenvalue weighted by atomic mass is 16.5. The van der Waals surface area contributed by atoms with Crippen molar-refractivity contribution in [1.82, 2.24) is 5.01 Å².